The van der Waals surface area contributed by atoms with Gasteiger partial charge in [-0.25, -0.2) is 5.43 Å². The summed E-state index contributed by atoms with van der Waals surface area (Å²) in [7, 11) is 1.65. The van der Waals surface area contributed by atoms with Crippen molar-refractivity contribution in [1.29, 1.82) is 0 Å². The van der Waals surface area contributed by atoms with Gasteiger partial charge < -0.3 is 14.1 Å². The largest absolute Gasteiger partial charge is 0.496 e. The highest BCUT2D eigenvalue weighted by atomic mass is 79.9. The van der Waals surface area contributed by atoms with Crippen LogP contribution >= 0.6 is 15.9 Å². The van der Waals surface area contributed by atoms with E-state index in [9.17, 15) is 4.79 Å². The van der Waals surface area contributed by atoms with Crippen LogP contribution in [0, 0.1) is 0 Å². The third-order valence-electron chi connectivity index (χ3n) is 6.13. The second-order valence-corrected chi connectivity index (χ2v) is 9.72. The molecule has 32 heavy (non-hydrogen) atoms. The van der Waals surface area contributed by atoms with E-state index >= 15 is 0 Å². The number of hydrogen-bond acceptors (Lipinski definition) is 5. The summed E-state index contributed by atoms with van der Waals surface area (Å²) >= 11 is 3.42. The Labute approximate surface area is 196 Å². The Morgan fingerprint density at radius 3 is 2.84 bits per heavy atom. The monoisotopic (exact) mass is 497 g/mol. The number of ether oxygens (including phenoxy) is 1. The number of carbonyl (C=O) groups is 1. The summed E-state index contributed by atoms with van der Waals surface area (Å²) < 4.78 is 12.2. The van der Waals surface area contributed by atoms with Crippen molar-refractivity contribution < 1.29 is 13.9 Å². The molecule has 6 nitrogen and oxygen atoms in total. The van der Waals surface area contributed by atoms with Gasteiger partial charge >= 0.3 is 5.91 Å². The van der Waals surface area contributed by atoms with E-state index in [2.05, 4.69) is 71.2 Å². The minimum absolute atomic E-state index is 0.0813. The standard InChI is InChI=1S/C25H28BrN3O3/c1-6-29-20-12-22(31-5)17(10-19(20)15(2)13-25(29,3)4)14-27-28-24(30)23-11-16-9-18(26)7-8-21(16)32-23/h7-12,14-15H,6,13H2,1-5H3,(H,28,30)/b27-14+. The van der Waals surface area contributed by atoms with Gasteiger partial charge in [0.1, 0.15) is 11.3 Å². The molecular weight excluding hydrogens is 470 g/mol. The lowest BCUT2D eigenvalue weighted by Crippen LogP contribution is -2.48. The number of amides is 1. The molecule has 1 amide bonds. The minimum Gasteiger partial charge on any atom is -0.496 e. The van der Waals surface area contributed by atoms with Crippen molar-refractivity contribution in [3.63, 3.8) is 0 Å². The Balaban J connectivity index is 1.58. The number of fused-ring (bicyclic) bond motifs is 2. The zero-order valence-corrected chi connectivity index (χ0v) is 20.6. The van der Waals surface area contributed by atoms with Gasteiger partial charge in [0.25, 0.3) is 0 Å². The normalized spacial score (nSPS) is 17.6. The van der Waals surface area contributed by atoms with E-state index in [1.165, 1.54) is 11.3 Å². The number of hydrogen-bond donors (Lipinski definition) is 1. The molecule has 4 rings (SSSR count). The molecule has 0 aliphatic carbocycles. The molecular formula is C25H28BrN3O3. The number of rotatable bonds is 5. The first kappa shape index (κ1) is 22.4. The highest BCUT2D eigenvalue weighted by Gasteiger charge is 2.36. The van der Waals surface area contributed by atoms with Crippen LogP contribution in [0.2, 0.25) is 0 Å². The van der Waals surface area contributed by atoms with Gasteiger partial charge in [0, 0.05) is 39.3 Å². The van der Waals surface area contributed by atoms with Crippen molar-refractivity contribution in [3.05, 3.63) is 57.8 Å². The van der Waals surface area contributed by atoms with Crippen molar-refractivity contribution >= 4 is 44.7 Å². The summed E-state index contributed by atoms with van der Waals surface area (Å²) in [5.74, 6) is 0.934. The maximum atomic E-state index is 12.5. The Bertz CT molecular complexity index is 1200. The van der Waals surface area contributed by atoms with Crippen LogP contribution in [0.1, 0.15) is 61.7 Å². The Kier molecular flexibility index (Phi) is 6.03. The van der Waals surface area contributed by atoms with Crippen LogP contribution in [-0.2, 0) is 0 Å². The third kappa shape index (κ3) is 4.13. The molecule has 3 aromatic rings. The molecule has 7 heteroatoms. The second kappa shape index (κ2) is 8.62. The summed E-state index contributed by atoms with van der Waals surface area (Å²) in [4.78, 5) is 14.9. The molecule has 1 atom stereocenters. The van der Waals surface area contributed by atoms with E-state index in [1.807, 2.05) is 18.2 Å². The highest BCUT2D eigenvalue weighted by molar-refractivity contribution is 9.10. The predicted octanol–water partition coefficient (Wildman–Crippen LogP) is 6.08. The fraction of sp³-hybridized carbons (Fsp3) is 0.360. The first-order chi connectivity index (χ1) is 15.2. The number of nitrogens with zero attached hydrogens (tertiary/aromatic N) is 2. The minimum atomic E-state index is -0.405. The van der Waals surface area contributed by atoms with Crippen LogP contribution in [-0.4, -0.2) is 31.3 Å². The summed E-state index contributed by atoms with van der Waals surface area (Å²) in [6.45, 7) is 9.92. The molecule has 1 aliphatic rings. The van der Waals surface area contributed by atoms with Crippen LogP contribution < -0.4 is 15.1 Å². The zero-order valence-electron chi connectivity index (χ0n) is 19.0. The second-order valence-electron chi connectivity index (χ2n) is 8.81. The van der Waals surface area contributed by atoms with Gasteiger partial charge in [-0.2, -0.15) is 5.10 Å². The quantitative estimate of drug-likeness (QED) is 0.342. The number of benzene rings is 2. The molecule has 0 saturated carbocycles. The van der Waals surface area contributed by atoms with E-state index in [1.54, 1.807) is 19.4 Å². The summed E-state index contributed by atoms with van der Waals surface area (Å²) in [6.07, 6.45) is 2.69. The fourth-order valence-corrected chi connectivity index (χ4v) is 5.12. The molecule has 1 unspecified atom stereocenters. The van der Waals surface area contributed by atoms with Crippen LogP contribution in [0.3, 0.4) is 0 Å². The molecule has 1 N–H and O–H groups in total. The van der Waals surface area contributed by atoms with Crippen molar-refractivity contribution in [2.45, 2.75) is 45.6 Å². The lowest BCUT2D eigenvalue weighted by molar-refractivity contribution is 0.0929. The fourth-order valence-electron chi connectivity index (χ4n) is 4.75. The molecule has 0 spiro atoms. The summed E-state index contributed by atoms with van der Waals surface area (Å²) in [5.41, 5.74) is 6.57. The first-order valence-electron chi connectivity index (χ1n) is 10.8. The van der Waals surface area contributed by atoms with E-state index in [0.717, 1.165) is 34.1 Å². The van der Waals surface area contributed by atoms with E-state index in [4.69, 9.17) is 9.15 Å². The number of anilines is 1. The van der Waals surface area contributed by atoms with E-state index in [0.29, 0.717) is 11.5 Å². The average Bonchev–Trinajstić information content (AvgIpc) is 3.16. The van der Waals surface area contributed by atoms with Gasteiger partial charge in [-0.1, -0.05) is 22.9 Å². The lowest BCUT2D eigenvalue weighted by atomic mass is 9.79. The Morgan fingerprint density at radius 2 is 2.12 bits per heavy atom. The lowest BCUT2D eigenvalue weighted by Gasteiger charge is -2.47. The number of halogens is 1. The van der Waals surface area contributed by atoms with E-state index < -0.39 is 5.91 Å². The van der Waals surface area contributed by atoms with Gasteiger partial charge in [0.2, 0.25) is 0 Å². The van der Waals surface area contributed by atoms with Crippen molar-refractivity contribution in [2.24, 2.45) is 5.10 Å². The molecule has 0 saturated heterocycles. The number of methoxy groups -OCH3 is 1. The molecule has 2 aromatic carbocycles. The van der Waals surface area contributed by atoms with Crippen molar-refractivity contribution in [3.8, 4) is 5.75 Å². The zero-order chi connectivity index (χ0) is 23.0. The average molecular weight is 498 g/mol. The SMILES string of the molecule is CCN1c2cc(OC)c(/C=N/NC(=O)c3cc4cc(Br)ccc4o3)cc2C(C)CC1(C)C. The Hall–Kier alpha value is -2.80. The summed E-state index contributed by atoms with van der Waals surface area (Å²) in [6, 6.07) is 11.5. The maximum absolute atomic E-state index is 12.5. The molecule has 1 aromatic heterocycles. The van der Waals surface area contributed by atoms with Crippen LogP contribution in [0.5, 0.6) is 5.75 Å². The van der Waals surface area contributed by atoms with Gasteiger partial charge in [0.15, 0.2) is 5.76 Å². The van der Waals surface area contributed by atoms with Gasteiger partial charge in [-0.05, 0) is 69.0 Å². The summed E-state index contributed by atoms with van der Waals surface area (Å²) in [5, 5.41) is 5.02. The Morgan fingerprint density at radius 1 is 1.34 bits per heavy atom. The number of furan rings is 1. The number of hydrazone groups is 1. The molecule has 2 heterocycles. The molecule has 0 bridgehead atoms. The van der Waals surface area contributed by atoms with Crippen LogP contribution in [0.25, 0.3) is 11.0 Å². The predicted molar refractivity (Wildman–Crippen MR) is 132 cm³/mol. The maximum Gasteiger partial charge on any atom is 0.307 e. The van der Waals surface area contributed by atoms with Gasteiger partial charge in [0.05, 0.1) is 13.3 Å². The molecule has 0 fully saturated rings. The van der Waals surface area contributed by atoms with E-state index in [-0.39, 0.29) is 11.3 Å². The number of carbonyl (C=O) groups excluding carboxylic acids is 1. The smallest absolute Gasteiger partial charge is 0.307 e. The molecule has 0 radical (unpaired) electrons. The van der Waals surface area contributed by atoms with Gasteiger partial charge in [-0.15, -0.1) is 0 Å². The van der Waals surface area contributed by atoms with Crippen molar-refractivity contribution in [1.82, 2.24) is 5.43 Å². The first-order valence-corrected chi connectivity index (χ1v) is 11.5. The molecule has 1 aliphatic heterocycles. The number of nitrogens with one attached hydrogen (secondary N) is 1. The topological polar surface area (TPSA) is 67.1 Å². The van der Waals surface area contributed by atoms with Crippen LogP contribution in [0.15, 0.2) is 50.4 Å². The highest BCUT2D eigenvalue weighted by Crippen LogP contribution is 2.45. The van der Waals surface area contributed by atoms with Gasteiger partial charge in [-0.3, -0.25) is 4.79 Å². The van der Waals surface area contributed by atoms with Crippen LogP contribution in [0.4, 0.5) is 5.69 Å². The van der Waals surface area contributed by atoms with Crippen molar-refractivity contribution in [2.75, 3.05) is 18.6 Å². The third-order valence-corrected chi connectivity index (χ3v) is 6.62. The molecule has 168 valence electrons.